The normalized spacial score (nSPS) is 22.3. The molecule has 22 nitrogen and oxygen atoms in total. The molecule has 4 rings (SSSR count). The molecular formula is C22H27N6O16P3. The number of aryl methyl sites for hydroxylation is 1. The van der Waals surface area contributed by atoms with Crippen LogP contribution in [-0.2, 0) is 38.0 Å². The number of nitrogens with zero attached hydrogens (tertiary/aromatic N) is 4. The van der Waals surface area contributed by atoms with Gasteiger partial charge < -0.3 is 39.8 Å². The number of aliphatic hydroxyl groups excluding tert-OH is 2. The molecule has 4 heterocycles. The van der Waals surface area contributed by atoms with Gasteiger partial charge in [-0.2, -0.15) is 8.62 Å². The van der Waals surface area contributed by atoms with Crippen LogP contribution in [0.25, 0.3) is 11.5 Å². The summed E-state index contributed by atoms with van der Waals surface area (Å²) in [4.78, 5) is 87.8. The van der Waals surface area contributed by atoms with Crippen molar-refractivity contribution in [3.63, 3.8) is 0 Å². The Hall–Kier alpha value is -3.33. The number of aliphatic hydroxyl groups is 2. The topological polar surface area (TPSA) is 332 Å². The van der Waals surface area contributed by atoms with Crippen molar-refractivity contribution in [2.24, 2.45) is 0 Å². The Labute approximate surface area is 262 Å². The van der Waals surface area contributed by atoms with E-state index in [2.05, 4.69) is 33.4 Å². The fraction of sp³-hybridized carbons (Fsp3) is 0.364. The first-order valence-corrected chi connectivity index (χ1v) is 17.6. The van der Waals surface area contributed by atoms with E-state index in [0.717, 1.165) is 10.8 Å². The summed E-state index contributed by atoms with van der Waals surface area (Å²) in [6, 6.07) is 4.76. The maximum Gasteiger partial charge on any atom is 0.490 e. The van der Waals surface area contributed by atoms with Crippen molar-refractivity contribution in [1.82, 2.24) is 29.8 Å². The highest BCUT2D eigenvalue weighted by atomic mass is 31.3. The minimum Gasteiger partial charge on any atom is -0.387 e. The molecule has 1 amide bonds. The number of carbonyl (C=O) groups excluding carboxylic acids is 1. The molecule has 6 atom stereocenters. The number of ether oxygens (including phenoxy) is 1. The first-order chi connectivity index (χ1) is 21.9. The standard InChI is InChI=1S/C22H27N6O16P3/c29-16-15(11-41-46(37,38)44-47(39,40)43-45(34,35)36)42-21(17(16)30)28-10-13(20(32)27-22(28)33)3-1-6-25-19(31)12-4-5-14(26-9-12)18-23-7-2-8-24-18/h2,4-5,7-10,15-17,21,29-30H,1,3,6,11H2,(H,25,31)(H,37,38)(H,39,40)(H,27,32,33)(H2,34,35,36)/t15-,16-,17-,21-/m1/s1. The van der Waals surface area contributed by atoms with E-state index in [9.17, 15) is 48.1 Å². The molecule has 0 aromatic carbocycles. The highest BCUT2D eigenvalue weighted by molar-refractivity contribution is 7.66. The second-order valence-corrected chi connectivity index (χ2v) is 14.0. The van der Waals surface area contributed by atoms with Gasteiger partial charge in [-0.1, -0.05) is 0 Å². The number of phosphoric ester groups is 1. The van der Waals surface area contributed by atoms with Gasteiger partial charge in [-0.3, -0.25) is 28.6 Å². The molecule has 8 N–H and O–H groups in total. The van der Waals surface area contributed by atoms with Crippen LogP contribution in [-0.4, -0.2) is 91.7 Å². The van der Waals surface area contributed by atoms with E-state index in [0.29, 0.717) is 11.5 Å². The summed E-state index contributed by atoms with van der Waals surface area (Å²) >= 11 is 0. The first kappa shape index (κ1) is 36.5. The summed E-state index contributed by atoms with van der Waals surface area (Å²) in [5.41, 5.74) is -1.10. The number of amides is 1. The highest BCUT2D eigenvalue weighted by Gasteiger charge is 2.47. The molecule has 0 spiro atoms. The molecule has 1 fully saturated rings. The van der Waals surface area contributed by atoms with Crippen LogP contribution in [0.3, 0.4) is 0 Å². The molecule has 3 aromatic rings. The maximum absolute atomic E-state index is 12.5. The predicted molar refractivity (Wildman–Crippen MR) is 153 cm³/mol. The monoisotopic (exact) mass is 724 g/mol. The lowest BCUT2D eigenvalue weighted by atomic mass is 10.1. The van der Waals surface area contributed by atoms with E-state index in [-0.39, 0.29) is 30.5 Å². The lowest BCUT2D eigenvalue weighted by Crippen LogP contribution is -2.39. The molecule has 1 aliphatic rings. The Morgan fingerprint density at radius 2 is 1.70 bits per heavy atom. The van der Waals surface area contributed by atoms with Crippen molar-refractivity contribution in [3.05, 3.63) is 75.0 Å². The minimum atomic E-state index is -5.81. The third-order valence-corrected chi connectivity index (χ3v) is 10.0. The molecule has 0 saturated carbocycles. The van der Waals surface area contributed by atoms with Gasteiger partial charge >= 0.3 is 29.2 Å². The molecule has 2 unspecified atom stereocenters. The number of aromatic nitrogens is 5. The molecule has 0 bridgehead atoms. The number of hydrogen-bond donors (Lipinski definition) is 8. The molecule has 3 aromatic heterocycles. The zero-order chi connectivity index (χ0) is 34.6. The Morgan fingerprint density at radius 3 is 2.34 bits per heavy atom. The van der Waals surface area contributed by atoms with Crippen LogP contribution in [0.4, 0.5) is 0 Å². The number of carbonyl (C=O) groups is 1. The number of hydrogen-bond acceptors (Lipinski definition) is 15. The lowest BCUT2D eigenvalue weighted by Gasteiger charge is -2.19. The largest absolute Gasteiger partial charge is 0.490 e. The first-order valence-electron chi connectivity index (χ1n) is 13.1. The molecule has 1 aliphatic heterocycles. The maximum atomic E-state index is 12.5. The van der Waals surface area contributed by atoms with Gasteiger partial charge in [0.2, 0.25) is 0 Å². The number of pyridine rings is 1. The number of nitrogens with one attached hydrogen (secondary N) is 2. The van der Waals surface area contributed by atoms with E-state index in [1.165, 1.54) is 12.3 Å². The van der Waals surface area contributed by atoms with Gasteiger partial charge in [0.1, 0.15) is 24.0 Å². The lowest BCUT2D eigenvalue weighted by molar-refractivity contribution is -0.0543. The van der Waals surface area contributed by atoms with Crippen LogP contribution >= 0.6 is 23.5 Å². The summed E-state index contributed by atoms with van der Waals surface area (Å²) in [5.74, 6) is -0.0645. The van der Waals surface area contributed by atoms with Crippen molar-refractivity contribution >= 4 is 29.4 Å². The fourth-order valence-electron chi connectivity index (χ4n) is 4.14. The van der Waals surface area contributed by atoms with Crippen molar-refractivity contribution in [2.45, 2.75) is 37.4 Å². The Morgan fingerprint density at radius 1 is 1.00 bits per heavy atom. The van der Waals surface area contributed by atoms with Crippen molar-refractivity contribution in [2.75, 3.05) is 13.2 Å². The van der Waals surface area contributed by atoms with Gasteiger partial charge in [-0.05, 0) is 31.0 Å². The number of rotatable bonds is 14. The zero-order valence-corrected chi connectivity index (χ0v) is 26.3. The van der Waals surface area contributed by atoms with Gasteiger partial charge in [0.05, 0.1) is 12.2 Å². The fourth-order valence-corrected chi connectivity index (χ4v) is 7.17. The third kappa shape index (κ3) is 10.1. The van der Waals surface area contributed by atoms with Crippen molar-refractivity contribution in [3.8, 4) is 11.5 Å². The SMILES string of the molecule is O=C(NCCCc1cn([C@@H]2O[C@H](COP(=O)(O)OP(=O)(O)OP(=O)(O)O)[C@@H](O)[C@H]2O)c(=O)[nH]c1=O)c1ccc(-c2ncccn2)nc1. The van der Waals surface area contributed by atoms with Crippen molar-refractivity contribution in [1.29, 1.82) is 0 Å². The quantitative estimate of drug-likeness (QED) is 0.0708. The second kappa shape index (κ2) is 14.8. The molecule has 25 heteroatoms. The Balaban J connectivity index is 1.33. The smallest absolute Gasteiger partial charge is 0.387 e. The Bertz CT molecular complexity index is 1830. The molecular weight excluding hydrogens is 697 g/mol. The van der Waals surface area contributed by atoms with Crippen LogP contribution in [0.1, 0.15) is 28.6 Å². The zero-order valence-electron chi connectivity index (χ0n) is 23.6. The minimum absolute atomic E-state index is 0.0229. The summed E-state index contributed by atoms with van der Waals surface area (Å²) in [6.07, 6.45) is -1.34. The van der Waals surface area contributed by atoms with E-state index in [1.807, 2.05) is 4.98 Å². The van der Waals surface area contributed by atoms with Crippen LogP contribution in [0.5, 0.6) is 0 Å². The van der Waals surface area contributed by atoms with Crippen LogP contribution in [0, 0.1) is 0 Å². The number of phosphoric acid groups is 3. The van der Waals surface area contributed by atoms with Gasteiger partial charge in [0, 0.05) is 36.9 Å². The van der Waals surface area contributed by atoms with E-state index in [4.69, 9.17) is 14.5 Å². The van der Waals surface area contributed by atoms with Crippen molar-refractivity contribution < 1.29 is 66.2 Å². The van der Waals surface area contributed by atoms with E-state index >= 15 is 0 Å². The number of H-pyrrole nitrogens is 1. The molecule has 0 aliphatic carbocycles. The van der Waals surface area contributed by atoms with E-state index in [1.54, 1.807) is 24.5 Å². The summed E-state index contributed by atoms with van der Waals surface area (Å²) in [5, 5.41) is 23.5. The molecule has 47 heavy (non-hydrogen) atoms. The van der Waals surface area contributed by atoms with Crippen LogP contribution < -0.4 is 16.6 Å². The third-order valence-electron chi connectivity index (χ3n) is 6.20. The molecule has 256 valence electrons. The highest BCUT2D eigenvalue weighted by Crippen LogP contribution is 2.66. The molecule has 0 radical (unpaired) electrons. The molecule has 1 saturated heterocycles. The summed E-state index contributed by atoms with van der Waals surface area (Å²) < 4.78 is 51.9. The van der Waals surface area contributed by atoms with Crippen LogP contribution in [0.15, 0.2) is 52.6 Å². The van der Waals surface area contributed by atoms with Crippen LogP contribution in [0.2, 0.25) is 0 Å². The van der Waals surface area contributed by atoms with Gasteiger partial charge in [0.15, 0.2) is 12.1 Å². The van der Waals surface area contributed by atoms with Gasteiger partial charge in [-0.25, -0.2) is 28.5 Å². The predicted octanol–water partition coefficient (Wildman–Crippen LogP) is -1.29. The summed E-state index contributed by atoms with van der Waals surface area (Å²) in [7, 11) is -17.0. The Kier molecular flexibility index (Phi) is 11.5. The average molecular weight is 724 g/mol. The van der Waals surface area contributed by atoms with E-state index < -0.39 is 71.8 Å². The average Bonchev–Trinajstić information content (AvgIpc) is 3.26. The summed E-state index contributed by atoms with van der Waals surface area (Å²) in [6.45, 7) is -1.01. The van der Waals surface area contributed by atoms with Gasteiger partial charge in [0.25, 0.3) is 11.5 Å². The number of aromatic amines is 1. The second-order valence-electron chi connectivity index (χ2n) is 9.62. The van der Waals surface area contributed by atoms with Gasteiger partial charge in [-0.15, -0.1) is 0 Å².